The molecule has 1 spiro atoms. The number of carbonyl (C=O) groups is 2. The third-order valence-corrected chi connectivity index (χ3v) is 14.3. The molecule has 1 aromatic carbocycles. The zero-order valence-corrected chi connectivity index (χ0v) is 27.0. The molecule has 43 heavy (non-hydrogen) atoms. The Bertz CT molecular complexity index is 1460. The highest BCUT2D eigenvalue weighted by atomic mass is 32.2. The molecule has 9 nitrogen and oxygen atoms in total. The number of fused-ring (bicyclic) bond motifs is 2. The van der Waals surface area contributed by atoms with Gasteiger partial charge in [-0.1, -0.05) is 52.0 Å². The lowest BCUT2D eigenvalue weighted by Crippen LogP contribution is -2.51. The first-order valence-electron chi connectivity index (χ1n) is 16.1. The van der Waals surface area contributed by atoms with E-state index in [-0.39, 0.29) is 41.0 Å². The van der Waals surface area contributed by atoms with Crippen LogP contribution < -0.4 is 0 Å². The van der Waals surface area contributed by atoms with E-state index in [1.165, 1.54) is 16.0 Å². The van der Waals surface area contributed by atoms with Crippen LogP contribution in [0.5, 0.6) is 0 Å². The molecule has 2 saturated heterocycles. The summed E-state index contributed by atoms with van der Waals surface area (Å²) >= 11 is 0. The number of amides is 3. The second-order valence-electron chi connectivity index (χ2n) is 14.2. The van der Waals surface area contributed by atoms with Gasteiger partial charge >= 0.3 is 6.03 Å². The van der Waals surface area contributed by atoms with Crippen molar-refractivity contribution in [3.05, 3.63) is 53.6 Å². The van der Waals surface area contributed by atoms with Gasteiger partial charge in [0.2, 0.25) is 15.9 Å². The van der Waals surface area contributed by atoms with Gasteiger partial charge in [-0.05, 0) is 84.2 Å². The lowest BCUT2D eigenvalue weighted by atomic mass is 9.61. The fraction of sp³-hybridized carbons (Fsp3) is 0.667. The zero-order chi connectivity index (χ0) is 30.6. The molecule has 10 heteroatoms. The quantitative estimate of drug-likeness (QED) is 0.405. The standard InChI is InChI=1S/C33H47N5O4S/c1-5-33(22-43(41,42)37-16-13-32(14-17-37)12-10-25-8-6-7-9-28(25)32)26(18-24(2)31(33,3)4)11-15-38-29(39)21-36(30(38)40)20-27-19-34-23-35-27/h6-9,19,23-24,26H,5,10-18,20-22H2,1-4H3,(H,34,35)/t24?,26-,33?/m1/s1. The van der Waals surface area contributed by atoms with E-state index in [0.29, 0.717) is 38.5 Å². The number of benzene rings is 1. The Morgan fingerprint density at radius 3 is 2.53 bits per heavy atom. The summed E-state index contributed by atoms with van der Waals surface area (Å²) in [5, 5.41) is 0. The lowest BCUT2D eigenvalue weighted by molar-refractivity contribution is -0.125. The molecule has 3 amide bonds. The summed E-state index contributed by atoms with van der Waals surface area (Å²) in [4.78, 5) is 36.0. The molecule has 234 valence electrons. The second-order valence-corrected chi connectivity index (χ2v) is 16.2. The molecule has 1 aromatic heterocycles. The summed E-state index contributed by atoms with van der Waals surface area (Å²) in [6, 6.07) is 8.41. The average molecular weight is 610 g/mol. The van der Waals surface area contributed by atoms with Crippen LogP contribution in [0.1, 0.15) is 83.0 Å². The van der Waals surface area contributed by atoms with Gasteiger partial charge in [0.05, 0.1) is 24.3 Å². The minimum atomic E-state index is -3.52. The lowest BCUT2D eigenvalue weighted by Gasteiger charge is -2.48. The summed E-state index contributed by atoms with van der Waals surface area (Å²) in [5.74, 6) is 0.349. The predicted octanol–water partition coefficient (Wildman–Crippen LogP) is 4.95. The predicted molar refractivity (Wildman–Crippen MR) is 166 cm³/mol. The number of piperidine rings is 1. The van der Waals surface area contributed by atoms with E-state index in [4.69, 9.17) is 0 Å². The van der Waals surface area contributed by atoms with E-state index < -0.39 is 15.4 Å². The van der Waals surface area contributed by atoms with Crippen LogP contribution >= 0.6 is 0 Å². The molecule has 4 aliphatic rings. The smallest absolute Gasteiger partial charge is 0.327 e. The van der Waals surface area contributed by atoms with Gasteiger partial charge in [-0.3, -0.25) is 9.69 Å². The topological polar surface area (TPSA) is 107 Å². The molecule has 2 aliphatic carbocycles. The molecule has 0 radical (unpaired) electrons. The Labute approximate surface area is 256 Å². The Kier molecular flexibility index (Phi) is 7.77. The molecule has 2 unspecified atom stereocenters. The Hall–Kier alpha value is -2.72. The van der Waals surface area contributed by atoms with E-state index in [2.05, 4.69) is 61.9 Å². The summed E-state index contributed by atoms with van der Waals surface area (Å²) in [6.45, 7) is 10.6. The number of nitrogens with one attached hydrogen (secondary N) is 1. The van der Waals surface area contributed by atoms with Crippen molar-refractivity contribution in [1.82, 2.24) is 24.1 Å². The number of hydrogen-bond acceptors (Lipinski definition) is 5. The Morgan fingerprint density at radius 1 is 1.09 bits per heavy atom. The van der Waals surface area contributed by atoms with E-state index in [9.17, 15) is 18.0 Å². The molecule has 1 saturated carbocycles. The van der Waals surface area contributed by atoms with Crippen molar-refractivity contribution in [1.29, 1.82) is 0 Å². The number of aromatic nitrogens is 2. The van der Waals surface area contributed by atoms with E-state index >= 15 is 0 Å². The first-order valence-corrected chi connectivity index (χ1v) is 17.7. The minimum absolute atomic E-state index is 0.0542. The zero-order valence-electron chi connectivity index (χ0n) is 26.1. The average Bonchev–Trinajstić information content (AvgIpc) is 3.72. The third-order valence-electron chi connectivity index (χ3n) is 12.3. The number of aromatic amines is 1. The van der Waals surface area contributed by atoms with Crippen LogP contribution in [0.25, 0.3) is 0 Å². The van der Waals surface area contributed by atoms with Gasteiger partial charge in [-0.25, -0.2) is 22.5 Å². The molecular weight excluding hydrogens is 562 g/mol. The van der Waals surface area contributed by atoms with Crippen LogP contribution in [-0.2, 0) is 33.2 Å². The van der Waals surface area contributed by atoms with E-state index in [1.807, 2.05) is 0 Å². The normalized spacial score (nSPS) is 28.7. The van der Waals surface area contributed by atoms with Crippen molar-refractivity contribution < 1.29 is 18.0 Å². The van der Waals surface area contributed by atoms with E-state index in [1.54, 1.807) is 21.7 Å². The Morgan fingerprint density at radius 2 is 1.84 bits per heavy atom. The number of nitrogens with zero attached hydrogens (tertiary/aromatic N) is 4. The number of aryl methyl sites for hydroxylation is 1. The number of H-pyrrole nitrogens is 1. The van der Waals surface area contributed by atoms with Gasteiger partial charge in [-0.2, -0.15) is 0 Å². The van der Waals surface area contributed by atoms with Crippen LogP contribution in [0.2, 0.25) is 0 Å². The third kappa shape index (κ3) is 5.02. The highest BCUT2D eigenvalue weighted by Gasteiger charge is 2.59. The van der Waals surface area contributed by atoms with Gasteiger partial charge in [-0.15, -0.1) is 0 Å². The monoisotopic (exact) mass is 609 g/mol. The molecule has 6 rings (SSSR count). The van der Waals surface area contributed by atoms with Crippen molar-refractivity contribution in [2.45, 2.75) is 84.6 Å². The number of rotatable bonds is 9. The number of hydrogen-bond donors (Lipinski definition) is 1. The Balaban J connectivity index is 1.16. The molecule has 0 bridgehead atoms. The fourth-order valence-electron chi connectivity index (χ4n) is 9.20. The summed E-state index contributed by atoms with van der Waals surface area (Å²) < 4.78 is 30.3. The van der Waals surface area contributed by atoms with E-state index in [0.717, 1.165) is 44.2 Å². The largest absolute Gasteiger partial charge is 0.347 e. The summed E-state index contributed by atoms with van der Waals surface area (Å²) in [7, 11) is -3.52. The first kappa shape index (κ1) is 30.3. The van der Waals surface area contributed by atoms with Crippen molar-refractivity contribution in [3.8, 4) is 0 Å². The molecule has 2 aliphatic heterocycles. The molecule has 2 aromatic rings. The van der Waals surface area contributed by atoms with Crippen LogP contribution in [0.15, 0.2) is 36.8 Å². The van der Waals surface area contributed by atoms with Gasteiger partial charge < -0.3 is 9.88 Å². The number of carbonyl (C=O) groups excluding carboxylic acids is 2. The summed E-state index contributed by atoms with van der Waals surface area (Å²) in [6.07, 6.45) is 9.42. The van der Waals surface area contributed by atoms with Crippen LogP contribution in [0, 0.1) is 22.7 Å². The van der Waals surface area contributed by atoms with Gasteiger partial charge in [0.25, 0.3) is 0 Å². The van der Waals surface area contributed by atoms with Crippen molar-refractivity contribution in [2.75, 3.05) is 31.9 Å². The molecule has 3 atom stereocenters. The molecule has 1 N–H and O–H groups in total. The maximum atomic E-state index is 14.2. The molecular formula is C33H47N5O4S. The van der Waals surface area contributed by atoms with Crippen molar-refractivity contribution in [2.24, 2.45) is 22.7 Å². The van der Waals surface area contributed by atoms with Gasteiger partial charge in [0, 0.05) is 25.8 Å². The van der Waals surface area contributed by atoms with Crippen molar-refractivity contribution in [3.63, 3.8) is 0 Å². The fourth-order valence-corrected chi connectivity index (χ4v) is 11.6. The summed E-state index contributed by atoms with van der Waals surface area (Å²) in [5.41, 5.74) is 3.10. The second kappa shape index (κ2) is 11.0. The number of sulfonamides is 1. The minimum Gasteiger partial charge on any atom is -0.347 e. The number of urea groups is 1. The maximum absolute atomic E-state index is 14.2. The SMILES string of the molecule is CCC1(CS(=O)(=O)N2CCC3(CCc4ccccc43)CC2)[C@H](CCN2C(=O)CN(Cc3cnc[nH]3)C2=O)CC(C)C1(C)C. The van der Waals surface area contributed by atoms with Crippen LogP contribution in [0.4, 0.5) is 4.79 Å². The molecule has 3 heterocycles. The van der Waals surface area contributed by atoms with Crippen LogP contribution in [-0.4, -0.2) is 76.4 Å². The number of imide groups is 1. The van der Waals surface area contributed by atoms with Crippen molar-refractivity contribution >= 4 is 22.0 Å². The number of imidazole rings is 1. The van der Waals surface area contributed by atoms with Gasteiger partial charge in [0.1, 0.15) is 6.54 Å². The van der Waals surface area contributed by atoms with Gasteiger partial charge in [0.15, 0.2) is 0 Å². The molecule has 3 fully saturated rings. The highest BCUT2D eigenvalue weighted by Crippen LogP contribution is 2.62. The maximum Gasteiger partial charge on any atom is 0.327 e. The highest BCUT2D eigenvalue weighted by molar-refractivity contribution is 7.89. The van der Waals surface area contributed by atoms with Crippen LogP contribution in [0.3, 0.4) is 0 Å². The first-order chi connectivity index (χ1) is 20.4.